The molecule has 1 heterocycles. The molecule has 0 saturated heterocycles. The van der Waals surface area contributed by atoms with Gasteiger partial charge in [-0.2, -0.15) is 0 Å². The largest absolute Gasteiger partial charge is 0.284 e. The van der Waals surface area contributed by atoms with Gasteiger partial charge in [0.1, 0.15) is 5.54 Å². The molecular formula is C5H7NOS. The summed E-state index contributed by atoms with van der Waals surface area (Å²) in [6, 6.07) is 0. The van der Waals surface area contributed by atoms with Crippen LogP contribution in [0, 0.1) is 0 Å². The smallest absolute Gasteiger partial charge is 0.221 e. The zero-order valence-corrected chi connectivity index (χ0v) is 5.66. The molecule has 0 radical (unpaired) electrons. The lowest BCUT2D eigenvalue weighted by Crippen LogP contribution is -2.21. The van der Waals surface area contributed by atoms with Gasteiger partial charge in [0, 0.05) is 0 Å². The first-order valence-electron chi connectivity index (χ1n) is 2.38. The van der Waals surface area contributed by atoms with E-state index in [0.29, 0.717) is 0 Å². The Morgan fingerprint density at radius 3 is 2.50 bits per heavy atom. The van der Waals surface area contributed by atoms with Crippen LogP contribution < -0.4 is 0 Å². The standard InChI is InChI=1S/C5H7NOS/c1-5(2)4(7)8-3-6-5/h3H,1-2H3. The lowest BCUT2D eigenvalue weighted by atomic mass is 10.1. The monoisotopic (exact) mass is 129 g/mol. The quantitative estimate of drug-likeness (QED) is 0.489. The first-order chi connectivity index (χ1) is 3.63. The Kier molecular flexibility index (Phi) is 1.15. The summed E-state index contributed by atoms with van der Waals surface area (Å²) in [7, 11) is 0. The van der Waals surface area contributed by atoms with Crippen LogP contribution in [0.3, 0.4) is 0 Å². The maximum Gasteiger partial charge on any atom is 0.221 e. The lowest BCUT2D eigenvalue weighted by molar-refractivity contribution is -0.114. The maximum absolute atomic E-state index is 10.7. The van der Waals surface area contributed by atoms with Crippen molar-refractivity contribution in [2.24, 2.45) is 4.99 Å². The second-order valence-electron chi connectivity index (χ2n) is 2.20. The molecule has 0 saturated carbocycles. The zero-order valence-electron chi connectivity index (χ0n) is 4.84. The normalized spacial score (nSPS) is 24.5. The van der Waals surface area contributed by atoms with E-state index in [1.54, 1.807) is 5.55 Å². The fraction of sp³-hybridized carbons (Fsp3) is 0.600. The van der Waals surface area contributed by atoms with Crippen LogP contribution in [0.25, 0.3) is 0 Å². The Morgan fingerprint density at radius 2 is 2.38 bits per heavy atom. The molecule has 0 amide bonds. The third-order valence-electron chi connectivity index (χ3n) is 1.03. The summed E-state index contributed by atoms with van der Waals surface area (Å²) in [6.07, 6.45) is 0. The van der Waals surface area contributed by atoms with Crippen molar-refractivity contribution in [2.75, 3.05) is 0 Å². The highest BCUT2D eigenvalue weighted by Crippen LogP contribution is 2.23. The van der Waals surface area contributed by atoms with Crippen molar-refractivity contribution in [3.05, 3.63) is 0 Å². The van der Waals surface area contributed by atoms with Gasteiger partial charge in [0.25, 0.3) is 0 Å². The van der Waals surface area contributed by atoms with Crippen LogP contribution in [0.1, 0.15) is 13.8 Å². The van der Waals surface area contributed by atoms with E-state index in [4.69, 9.17) is 0 Å². The van der Waals surface area contributed by atoms with Gasteiger partial charge in [0.15, 0.2) is 0 Å². The molecule has 0 fully saturated rings. The number of carbonyl (C=O) groups excluding carboxylic acids is 1. The zero-order chi connectivity index (χ0) is 6.20. The summed E-state index contributed by atoms with van der Waals surface area (Å²) in [6.45, 7) is 3.62. The third kappa shape index (κ3) is 0.777. The Labute approximate surface area is 52.4 Å². The van der Waals surface area contributed by atoms with E-state index in [1.807, 2.05) is 13.8 Å². The van der Waals surface area contributed by atoms with E-state index in [0.717, 1.165) is 0 Å². The molecule has 1 rings (SSSR count). The summed E-state index contributed by atoms with van der Waals surface area (Å²) in [4.78, 5) is 14.7. The molecule has 44 valence electrons. The van der Waals surface area contributed by atoms with Crippen molar-refractivity contribution in [1.82, 2.24) is 0 Å². The maximum atomic E-state index is 10.7. The minimum absolute atomic E-state index is 0.137. The highest BCUT2D eigenvalue weighted by molar-refractivity contribution is 8.25. The van der Waals surface area contributed by atoms with Crippen molar-refractivity contribution in [2.45, 2.75) is 19.4 Å². The Bertz CT molecular complexity index is 151. The summed E-state index contributed by atoms with van der Waals surface area (Å²) in [5.74, 6) is 0. The van der Waals surface area contributed by atoms with Gasteiger partial charge < -0.3 is 0 Å². The van der Waals surface area contributed by atoms with E-state index < -0.39 is 5.54 Å². The predicted octanol–water partition coefficient (Wildman–Crippen LogP) is 1.07. The molecule has 0 aromatic rings. The average Bonchev–Trinajstić information content (AvgIpc) is 1.86. The fourth-order valence-corrected chi connectivity index (χ4v) is 1.16. The molecular weight excluding hydrogens is 122 g/mol. The molecule has 0 atom stereocenters. The molecule has 8 heavy (non-hydrogen) atoms. The molecule has 2 nitrogen and oxygen atoms in total. The lowest BCUT2D eigenvalue weighted by Gasteiger charge is -2.07. The van der Waals surface area contributed by atoms with Crippen molar-refractivity contribution in [3.63, 3.8) is 0 Å². The van der Waals surface area contributed by atoms with Gasteiger partial charge in [-0.05, 0) is 25.6 Å². The number of hydrogen-bond acceptors (Lipinski definition) is 3. The van der Waals surface area contributed by atoms with Crippen LogP contribution >= 0.6 is 11.8 Å². The van der Waals surface area contributed by atoms with Crippen LogP contribution in [0.2, 0.25) is 0 Å². The van der Waals surface area contributed by atoms with Crippen molar-refractivity contribution < 1.29 is 4.79 Å². The Balaban J connectivity index is 2.82. The number of nitrogens with zero attached hydrogens (tertiary/aromatic N) is 1. The first-order valence-corrected chi connectivity index (χ1v) is 3.26. The SMILES string of the molecule is CC1(C)N=CSC1=O. The van der Waals surface area contributed by atoms with Gasteiger partial charge in [0.05, 0.1) is 5.55 Å². The number of thioether (sulfide) groups is 1. The van der Waals surface area contributed by atoms with Crippen LogP contribution in [0.5, 0.6) is 0 Å². The third-order valence-corrected chi connectivity index (χ3v) is 1.96. The number of rotatable bonds is 0. The van der Waals surface area contributed by atoms with E-state index in [9.17, 15) is 4.79 Å². The van der Waals surface area contributed by atoms with Crippen molar-refractivity contribution >= 4 is 22.4 Å². The predicted molar refractivity (Wildman–Crippen MR) is 35.2 cm³/mol. The summed E-state index contributed by atoms with van der Waals surface area (Å²) in [5, 5.41) is 0.137. The average molecular weight is 129 g/mol. The molecule has 0 bridgehead atoms. The molecule has 0 aliphatic carbocycles. The summed E-state index contributed by atoms with van der Waals surface area (Å²) in [5.41, 5.74) is 1.15. The van der Waals surface area contributed by atoms with E-state index in [2.05, 4.69) is 4.99 Å². The van der Waals surface area contributed by atoms with Crippen LogP contribution in [0.15, 0.2) is 4.99 Å². The second-order valence-corrected chi connectivity index (χ2v) is 3.02. The highest BCUT2D eigenvalue weighted by atomic mass is 32.2. The molecule has 0 aromatic carbocycles. The molecule has 3 heteroatoms. The van der Waals surface area contributed by atoms with Gasteiger partial charge in [-0.3, -0.25) is 9.79 Å². The molecule has 0 aromatic heterocycles. The Hall–Kier alpha value is -0.310. The van der Waals surface area contributed by atoms with Crippen LogP contribution in [-0.4, -0.2) is 16.2 Å². The first kappa shape index (κ1) is 5.82. The van der Waals surface area contributed by atoms with Crippen molar-refractivity contribution in [1.29, 1.82) is 0 Å². The number of carbonyl (C=O) groups is 1. The molecule has 0 N–H and O–H groups in total. The molecule has 1 aliphatic rings. The van der Waals surface area contributed by atoms with Gasteiger partial charge >= 0.3 is 0 Å². The van der Waals surface area contributed by atoms with Gasteiger partial charge in [0.2, 0.25) is 5.12 Å². The molecule has 1 aliphatic heterocycles. The number of hydrogen-bond donors (Lipinski definition) is 0. The van der Waals surface area contributed by atoms with E-state index in [1.165, 1.54) is 11.8 Å². The van der Waals surface area contributed by atoms with Crippen LogP contribution in [-0.2, 0) is 4.79 Å². The van der Waals surface area contributed by atoms with Gasteiger partial charge in [-0.1, -0.05) is 0 Å². The molecule has 0 spiro atoms. The topological polar surface area (TPSA) is 29.4 Å². The second kappa shape index (κ2) is 1.58. The van der Waals surface area contributed by atoms with Crippen LogP contribution in [0.4, 0.5) is 0 Å². The number of aliphatic imine (C=N–C) groups is 1. The minimum atomic E-state index is -0.454. The van der Waals surface area contributed by atoms with E-state index in [-0.39, 0.29) is 5.12 Å². The highest BCUT2D eigenvalue weighted by Gasteiger charge is 2.29. The van der Waals surface area contributed by atoms with E-state index >= 15 is 0 Å². The summed E-state index contributed by atoms with van der Waals surface area (Å²) >= 11 is 1.17. The Morgan fingerprint density at radius 1 is 1.75 bits per heavy atom. The molecule has 0 unspecified atom stereocenters. The van der Waals surface area contributed by atoms with Gasteiger partial charge in [-0.25, -0.2) is 0 Å². The van der Waals surface area contributed by atoms with Gasteiger partial charge in [-0.15, -0.1) is 0 Å². The summed E-state index contributed by atoms with van der Waals surface area (Å²) < 4.78 is 0. The fourth-order valence-electron chi connectivity index (χ4n) is 0.403. The minimum Gasteiger partial charge on any atom is -0.284 e. The van der Waals surface area contributed by atoms with Crippen molar-refractivity contribution in [3.8, 4) is 0 Å².